The molecule has 0 spiro atoms. The Hall–Kier alpha value is 0.378. The fraction of sp³-hybridized carbons (Fsp3) is 0.800. The van der Waals surface area contributed by atoms with Gasteiger partial charge in [0.1, 0.15) is 0 Å². The molecule has 0 aliphatic heterocycles. The molecule has 0 aliphatic carbocycles. The summed E-state index contributed by atoms with van der Waals surface area (Å²) in [5, 5.41) is 0. The summed E-state index contributed by atoms with van der Waals surface area (Å²) in [4.78, 5) is 0. The van der Waals surface area contributed by atoms with Gasteiger partial charge in [-0.3, -0.25) is 0 Å². The summed E-state index contributed by atoms with van der Waals surface area (Å²) in [6.07, 6.45) is 10.9. The SMILES string of the molecule is C#[C][Sb]([CH2]CCC)[CH2]CCC. The number of hydrogen-bond donors (Lipinski definition) is 0. The molecule has 0 N–H and O–H groups in total. The molecule has 0 heterocycles. The third-order valence-electron chi connectivity index (χ3n) is 1.75. The van der Waals surface area contributed by atoms with Crippen molar-refractivity contribution in [2.24, 2.45) is 0 Å². The monoisotopic (exact) mass is 260 g/mol. The van der Waals surface area contributed by atoms with Crippen molar-refractivity contribution in [2.45, 2.75) is 48.3 Å². The predicted octanol–water partition coefficient (Wildman–Crippen LogP) is 3.25. The number of terminal acetylenes is 1. The molecular weight excluding hydrogens is 242 g/mol. The molecule has 0 rings (SSSR count). The first-order valence-electron chi connectivity index (χ1n) is 4.56. The summed E-state index contributed by atoms with van der Waals surface area (Å²) in [5.74, 6) is 0. The Morgan fingerprint density at radius 2 is 1.55 bits per heavy atom. The summed E-state index contributed by atoms with van der Waals surface area (Å²) in [7, 11) is 0. The van der Waals surface area contributed by atoms with Gasteiger partial charge in [0, 0.05) is 0 Å². The van der Waals surface area contributed by atoms with E-state index in [0.29, 0.717) is 0 Å². The third-order valence-corrected chi connectivity index (χ3v) is 7.67. The molecular formula is C10H19Sb. The number of hydrogen-bond acceptors (Lipinski definition) is 0. The van der Waals surface area contributed by atoms with Crippen LogP contribution in [0.15, 0.2) is 0 Å². The summed E-state index contributed by atoms with van der Waals surface area (Å²) < 4.78 is 5.88. The van der Waals surface area contributed by atoms with E-state index in [1.165, 1.54) is 34.4 Å². The molecule has 0 radical (unpaired) electrons. The fourth-order valence-corrected chi connectivity index (χ4v) is 6.30. The standard InChI is InChI=1S/2C4H9.C2H.Sb/c2*1-3-4-2;1-2;/h2*1,3-4H2,2H3;1H;. The molecule has 0 bridgehead atoms. The Balaban J connectivity index is 3.35. The van der Waals surface area contributed by atoms with Crippen molar-refractivity contribution >= 4 is 20.2 Å². The van der Waals surface area contributed by atoms with Crippen LogP contribution in [0.2, 0.25) is 8.73 Å². The Bertz CT molecular complexity index is 105. The molecule has 0 saturated heterocycles. The first-order valence-corrected chi connectivity index (χ1v) is 9.45. The van der Waals surface area contributed by atoms with Crippen molar-refractivity contribution in [3.63, 3.8) is 0 Å². The van der Waals surface area contributed by atoms with Gasteiger partial charge in [-0.05, 0) is 0 Å². The van der Waals surface area contributed by atoms with E-state index in [2.05, 4.69) is 17.7 Å². The Morgan fingerprint density at radius 1 is 1.09 bits per heavy atom. The molecule has 0 aromatic carbocycles. The van der Waals surface area contributed by atoms with Gasteiger partial charge in [-0.25, -0.2) is 0 Å². The van der Waals surface area contributed by atoms with Crippen molar-refractivity contribution in [1.29, 1.82) is 0 Å². The van der Waals surface area contributed by atoms with Gasteiger partial charge in [0.2, 0.25) is 0 Å². The van der Waals surface area contributed by atoms with Gasteiger partial charge in [-0.15, -0.1) is 0 Å². The second-order valence-electron chi connectivity index (χ2n) is 2.82. The maximum absolute atomic E-state index is 5.49. The van der Waals surface area contributed by atoms with Crippen LogP contribution in [0, 0.1) is 10.3 Å². The van der Waals surface area contributed by atoms with Crippen molar-refractivity contribution in [1.82, 2.24) is 0 Å². The molecule has 0 nitrogen and oxygen atoms in total. The summed E-state index contributed by atoms with van der Waals surface area (Å²) in [6, 6.07) is 0. The molecule has 1 heteroatoms. The Morgan fingerprint density at radius 3 is 1.82 bits per heavy atom. The van der Waals surface area contributed by atoms with Crippen molar-refractivity contribution < 1.29 is 0 Å². The van der Waals surface area contributed by atoms with E-state index in [4.69, 9.17) is 6.42 Å². The minimum absolute atomic E-state index is 1.13. The second kappa shape index (κ2) is 8.47. The topological polar surface area (TPSA) is 0 Å². The van der Waals surface area contributed by atoms with Crippen LogP contribution in [0.5, 0.6) is 0 Å². The van der Waals surface area contributed by atoms with Crippen LogP contribution >= 0.6 is 0 Å². The zero-order valence-electron chi connectivity index (χ0n) is 7.77. The molecule has 0 fully saturated rings. The summed E-state index contributed by atoms with van der Waals surface area (Å²) >= 11 is -1.13. The van der Waals surface area contributed by atoms with E-state index >= 15 is 0 Å². The molecule has 0 unspecified atom stereocenters. The first-order chi connectivity index (χ1) is 5.35. The van der Waals surface area contributed by atoms with E-state index in [1.54, 1.807) is 0 Å². The van der Waals surface area contributed by atoms with Crippen molar-refractivity contribution in [2.75, 3.05) is 0 Å². The van der Waals surface area contributed by atoms with Gasteiger partial charge in [0.15, 0.2) is 0 Å². The predicted molar refractivity (Wildman–Crippen MR) is 54.0 cm³/mol. The maximum atomic E-state index is 5.49. The third kappa shape index (κ3) is 6.76. The molecule has 11 heavy (non-hydrogen) atoms. The van der Waals surface area contributed by atoms with Crippen molar-refractivity contribution in [3.05, 3.63) is 0 Å². The fourth-order valence-electron chi connectivity index (χ4n) is 0.939. The van der Waals surface area contributed by atoms with E-state index in [0.717, 1.165) is 0 Å². The molecule has 0 saturated carbocycles. The van der Waals surface area contributed by atoms with Crippen LogP contribution in [-0.2, 0) is 0 Å². The number of rotatable bonds is 6. The van der Waals surface area contributed by atoms with Gasteiger partial charge in [0.05, 0.1) is 0 Å². The van der Waals surface area contributed by atoms with Crippen LogP contribution in [-0.4, -0.2) is 20.2 Å². The van der Waals surface area contributed by atoms with Crippen molar-refractivity contribution in [3.8, 4) is 10.3 Å². The zero-order valence-corrected chi connectivity index (χ0v) is 10.3. The van der Waals surface area contributed by atoms with Gasteiger partial charge in [-0.2, -0.15) is 0 Å². The van der Waals surface area contributed by atoms with Crippen LogP contribution in [0.1, 0.15) is 39.5 Å². The van der Waals surface area contributed by atoms with Crippen LogP contribution in [0.4, 0.5) is 0 Å². The first kappa shape index (κ1) is 11.4. The average molecular weight is 261 g/mol. The van der Waals surface area contributed by atoms with Gasteiger partial charge in [0.25, 0.3) is 0 Å². The second-order valence-corrected chi connectivity index (χ2v) is 9.19. The minimum atomic E-state index is -1.13. The summed E-state index contributed by atoms with van der Waals surface area (Å²) in [5.41, 5.74) is 0. The van der Waals surface area contributed by atoms with E-state index in [9.17, 15) is 0 Å². The molecule has 0 atom stereocenters. The van der Waals surface area contributed by atoms with Gasteiger partial charge < -0.3 is 0 Å². The quantitative estimate of drug-likeness (QED) is 0.508. The Kier molecular flexibility index (Phi) is 8.77. The van der Waals surface area contributed by atoms with E-state index < -0.39 is 20.2 Å². The average Bonchev–Trinajstić information content (AvgIpc) is 2.05. The van der Waals surface area contributed by atoms with Crippen LogP contribution < -0.4 is 0 Å². The van der Waals surface area contributed by atoms with E-state index in [1.807, 2.05) is 0 Å². The summed E-state index contributed by atoms with van der Waals surface area (Å²) in [6.45, 7) is 4.49. The van der Waals surface area contributed by atoms with Crippen LogP contribution in [0.25, 0.3) is 0 Å². The molecule has 0 aromatic heterocycles. The molecule has 64 valence electrons. The van der Waals surface area contributed by atoms with Gasteiger partial charge >= 0.3 is 78.8 Å². The molecule has 0 aromatic rings. The van der Waals surface area contributed by atoms with Crippen LogP contribution in [0.3, 0.4) is 0 Å². The number of unbranched alkanes of at least 4 members (excludes halogenated alkanes) is 2. The van der Waals surface area contributed by atoms with E-state index in [-0.39, 0.29) is 0 Å². The van der Waals surface area contributed by atoms with Gasteiger partial charge in [-0.1, -0.05) is 0 Å². The Labute approximate surface area is 78.7 Å². The zero-order chi connectivity index (χ0) is 8.53. The molecule has 0 amide bonds. The molecule has 0 aliphatic rings. The normalized spacial score (nSPS) is 10.0.